The van der Waals surface area contributed by atoms with Gasteiger partial charge in [0, 0.05) is 62.3 Å². The third-order valence-corrected chi connectivity index (χ3v) is 7.15. The first-order valence-corrected chi connectivity index (χ1v) is 12.5. The number of nitrogens with one attached hydrogen (secondary N) is 1. The first kappa shape index (κ1) is 23.0. The molecule has 5 heterocycles. The number of ether oxygens (including phenoxy) is 2. The van der Waals surface area contributed by atoms with Gasteiger partial charge in [0.1, 0.15) is 12.3 Å². The van der Waals surface area contributed by atoms with Gasteiger partial charge in [0.05, 0.1) is 23.8 Å². The van der Waals surface area contributed by atoms with E-state index in [2.05, 4.69) is 42.1 Å². The zero-order valence-corrected chi connectivity index (χ0v) is 19.9. The van der Waals surface area contributed by atoms with Crippen molar-refractivity contribution in [1.82, 2.24) is 29.8 Å². The number of hydrogen-bond acceptors (Lipinski definition) is 10. The van der Waals surface area contributed by atoms with Gasteiger partial charge in [-0.15, -0.1) is 0 Å². The van der Waals surface area contributed by atoms with E-state index in [1.807, 2.05) is 18.5 Å². The number of rotatable bonds is 7. The van der Waals surface area contributed by atoms with Crippen LogP contribution in [0.25, 0.3) is 10.6 Å². The second-order valence-electron chi connectivity index (χ2n) is 8.54. The Labute approximate surface area is 201 Å². The highest BCUT2D eigenvalue weighted by molar-refractivity contribution is 7.18. The Morgan fingerprint density at radius 1 is 1.09 bits per heavy atom. The van der Waals surface area contributed by atoms with E-state index in [1.54, 1.807) is 12.4 Å². The molecular weight excluding hydrogens is 457 g/mol. The molecule has 11 heteroatoms. The molecule has 2 fully saturated rings. The molecular formula is C23H28FN7O2S. The number of piperidine rings is 1. The Morgan fingerprint density at radius 3 is 2.62 bits per heavy atom. The van der Waals surface area contributed by atoms with E-state index in [4.69, 9.17) is 9.47 Å². The van der Waals surface area contributed by atoms with Crippen molar-refractivity contribution in [2.45, 2.75) is 50.9 Å². The van der Waals surface area contributed by atoms with Crippen LogP contribution < -0.4 is 10.1 Å². The lowest BCUT2D eigenvalue weighted by molar-refractivity contribution is 0.0217. The van der Waals surface area contributed by atoms with Gasteiger partial charge < -0.3 is 14.8 Å². The molecule has 0 spiro atoms. The second-order valence-corrected chi connectivity index (χ2v) is 9.57. The summed E-state index contributed by atoms with van der Waals surface area (Å²) >= 11 is 1.46. The molecule has 0 aliphatic carbocycles. The monoisotopic (exact) mass is 485 g/mol. The Kier molecular flexibility index (Phi) is 7.21. The summed E-state index contributed by atoms with van der Waals surface area (Å²) in [5, 5.41) is 3.83. The van der Waals surface area contributed by atoms with E-state index in [0.29, 0.717) is 43.1 Å². The molecule has 34 heavy (non-hydrogen) atoms. The maximum atomic E-state index is 13.4. The summed E-state index contributed by atoms with van der Waals surface area (Å²) in [6, 6.07) is 2.37. The molecule has 1 unspecified atom stereocenters. The highest BCUT2D eigenvalue weighted by atomic mass is 32.1. The Morgan fingerprint density at radius 2 is 1.85 bits per heavy atom. The molecule has 1 N–H and O–H groups in total. The summed E-state index contributed by atoms with van der Waals surface area (Å²) in [6.07, 6.45) is 9.37. The molecule has 3 aromatic heterocycles. The van der Waals surface area contributed by atoms with Crippen LogP contribution in [0, 0.1) is 0 Å². The number of aromatic nitrogens is 5. The van der Waals surface area contributed by atoms with Crippen molar-refractivity contribution in [2.24, 2.45) is 0 Å². The van der Waals surface area contributed by atoms with E-state index in [9.17, 15) is 4.39 Å². The molecule has 180 valence electrons. The number of likely N-dealkylation sites (tertiary alicyclic amines) is 1. The van der Waals surface area contributed by atoms with Gasteiger partial charge in [0.25, 0.3) is 0 Å². The average Bonchev–Trinajstić information content (AvgIpc) is 3.34. The highest BCUT2D eigenvalue weighted by Crippen LogP contribution is 2.30. The number of halogens is 1. The predicted molar refractivity (Wildman–Crippen MR) is 127 cm³/mol. The summed E-state index contributed by atoms with van der Waals surface area (Å²) in [4.78, 5) is 25.3. The van der Waals surface area contributed by atoms with Gasteiger partial charge in [-0.05, 0) is 25.8 Å². The molecule has 0 bridgehead atoms. The van der Waals surface area contributed by atoms with Crippen LogP contribution in [0.15, 0.2) is 30.9 Å². The second kappa shape index (κ2) is 10.7. The quantitative estimate of drug-likeness (QED) is 0.528. The SMILES string of the molecule is CC(c1cnc(Nc2ncc(-c3ccnc(OC4CCOCC4)n3)s2)nc1)N1CCC(F)CC1. The molecule has 1 atom stereocenters. The van der Waals surface area contributed by atoms with Crippen molar-refractivity contribution < 1.29 is 13.9 Å². The lowest BCUT2D eigenvalue weighted by Gasteiger charge is -2.33. The fourth-order valence-corrected chi connectivity index (χ4v) is 4.89. The number of anilines is 2. The topological polar surface area (TPSA) is 98.2 Å². The molecule has 0 saturated carbocycles. The van der Waals surface area contributed by atoms with Crippen LogP contribution in [-0.4, -0.2) is 68.4 Å². The summed E-state index contributed by atoms with van der Waals surface area (Å²) in [5.74, 6) is 0.477. The van der Waals surface area contributed by atoms with Crippen molar-refractivity contribution in [1.29, 1.82) is 0 Å². The number of nitrogens with zero attached hydrogens (tertiary/aromatic N) is 6. The van der Waals surface area contributed by atoms with Gasteiger partial charge >= 0.3 is 6.01 Å². The lowest BCUT2D eigenvalue weighted by atomic mass is 10.0. The third-order valence-electron chi connectivity index (χ3n) is 6.21. The molecule has 3 aromatic rings. The van der Waals surface area contributed by atoms with Crippen LogP contribution in [-0.2, 0) is 4.74 Å². The summed E-state index contributed by atoms with van der Waals surface area (Å²) < 4.78 is 24.7. The average molecular weight is 486 g/mol. The first-order chi connectivity index (χ1) is 16.6. The van der Waals surface area contributed by atoms with Crippen molar-refractivity contribution >= 4 is 22.4 Å². The van der Waals surface area contributed by atoms with Gasteiger partial charge in [0.15, 0.2) is 5.13 Å². The Bertz CT molecular complexity index is 1070. The normalized spacial score (nSPS) is 19.1. The fourth-order valence-electron chi connectivity index (χ4n) is 4.11. The molecule has 2 aliphatic rings. The number of alkyl halides is 1. The van der Waals surface area contributed by atoms with E-state index in [0.717, 1.165) is 42.1 Å². The van der Waals surface area contributed by atoms with Gasteiger partial charge in [0.2, 0.25) is 5.95 Å². The lowest BCUT2D eigenvalue weighted by Crippen LogP contribution is -2.36. The first-order valence-electron chi connectivity index (χ1n) is 11.6. The highest BCUT2D eigenvalue weighted by Gasteiger charge is 2.23. The van der Waals surface area contributed by atoms with Crippen LogP contribution in [0.3, 0.4) is 0 Å². The summed E-state index contributed by atoms with van der Waals surface area (Å²) in [6.45, 7) is 5.03. The van der Waals surface area contributed by atoms with E-state index >= 15 is 0 Å². The standard InChI is InChI=1S/C23H28FN7O2S/c1-15(31-8-3-17(24)4-9-31)16-12-26-21(27-13-16)30-23-28-14-20(34-23)19-2-7-25-22(29-19)33-18-5-10-32-11-6-18/h2,7,12-15,17-18H,3-6,8-11H2,1H3,(H,26,27,28,30). The minimum atomic E-state index is -0.678. The fraction of sp³-hybridized carbons (Fsp3) is 0.522. The molecule has 9 nitrogen and oxygen atoms in total. The van der Waals surface area contributed by atoms with Gasteiger partial charge in [-0.2, -0.15) is 4.98 Å². The molecule has 0 radical (unpaired) electrons. The van der Waals surface area contributed by atoms with E-state index in [-0.39, 0.29) is 12.1 Å². The summed E-state index contributed by atoms with van der Waals surface area (Å²) in [7, 11) is 0. The molecule has 0 aromatic carbocycles. The number of hydrogen-bond donors (Lipinski definition) is 1. The molecule has 5 rings (SSSR count). The zero-order valence-electron chi connectivity index (χ0n) is 19.1. The smallest absolute Gasteiger partial charge is 0.317 e. The molecule has 2 aliphatic heterocycles. The Balaban J connectivity index is 1.20. The third kappa shape index (κ3) is 5.65. The van der Waals surface area contributed by atoms with Crippen LogP contribution in [0.4, 0.5) is 15.5 Å². The van der Waals surface area contributed by atoms with Crippen LogP contribution in [0.2, 0.25) is 0 Å². The van der Waals surface area contributed by atoms with Crippen LogP contribution in [0.5, 0.6) is 6.01 Å². The van der Waals surface area contributed by atoms with Crippen LogP contribution in [0.1, 0.15) is 44.2 Å². The zero-order chi connectivity index (χ0) is 23.3. The van der Waals surface area contributed by atoms with Gasteiger partial charge in [-0.25, -0.2) is 24.3 Å². The van der Waals surface area contributed by atoms with E-state index < -0.39 is 6.17 Å². The van der Waals surface area contributed by atoms with Gasteiger partial charge in [-0.3, -0.25) is 4.90 Å². The van der Waals surface area contributed by atoms with E-state index in [1.165, 1.54) is 11.3 Å². The van der Waals surface area contributed by atoms with Crippen molar-refractivity contribution in [3.63, 3.8) is 0 Å². The maximum Gasteiger partial charge on any atom is 0.317 e. The van der Waals surface area contributed by atoms with Crippen molar-refractivity contribution in [3.8, 4) is 16.6 Å². The van der Waals surface area contributed by atoms with Crippen molar-refractivity contribution in [3.05, 3.63) is 36.4 Å². The van der Waals surface area contributed by atoms with Gasteiger partial charge in [-0.1, -0.05) is 11.3 Å². The minimum Gasteiger partial charge on any atom is -0.460 e. The van der Waals surface area contributed by atoms with Crippen molar-refractivity contribution in [2.75, 3.05) is 31.6 Å². The maximum absolute atomic E-state index is 13.4. The summed E-state index contributed by atoms with van der Waals surface area (Å²) in [5.41, 5.74) is 1.77. The Hall–Kier alpha value is -2.76. The molecule has 2 saturated heterocycles. The van der Waals surface area contributed by atoms with Crippen LogP contribution >= 0.6 is 11.3 Å². The minimum absolute atomic E-state index is 0.0843. The number of thiazole rings is 1. The molecule has 0 amide bonds. The predicted octanol–water partition coefficient (Wildman–Crippen LogP) is 4.19. The largest absolute Gasteiger partial charge is 0.460 e.